The molecule has 1 heterocycles. The second-order valence-electron chi connectivity index (χ2n) is 8.44. The van der Waals surface area contributed by atoms with Crippen molar-refractivity contribution in [3.8, 4) is 11.1 Å². The average molecular weight is 474 g/mol. The van der Waals surface area contributed by atoms with Crippen molar-refractivity contribution >= 4 is 18.0 Å². The van der Waals surface area contributed by atoms with E-state index < -0.39 is 30.1 Å². The highest BCUT2D eigenvalue weighted by molar-refractivity contribution is 5.86. The van der Waals surface area contributed by atoms with Crippen molar-refractivity contribution in [2.24, 2.45) is 0 Å². The number of carboxylic acids is 1. The summed E-state index contributed by atoms with van der Waals surface area (Å²) in [5.41, 5.74) is 5.02. The van der Waals surface area contributed by atoms with Crippen LogP contribution in [0.2, 0.25) is 0 Å². The maximum Gasteiger partial charge on any atom is 0.407 e. The average Bonchev–Trinajstić information content (AvgIpc) is 3.19. The molecule has 1 aromatic heterocycles. The second kappa shape index (κ2) is 10.8. The first-order valence-corrected chi connectivity index (χ1v) is 11.5. The summed E-state index contributed by atoms with van der Waals surface area (Å²) in [6.45, 7) is 1.86. The molecule has 180 valence electrons. The predicted octanol–water partition coefficient (Wildman–Crippen LogP) is 4.03. The minimum atomic E-state index is -1.06. The fourth-order valence-electron chi connectivity index (χ4n) is 4.34. The summed E-state index contributed by atoms with van der Waals surface area (Å²) in [5.74, 6) is -1.68. The molecule has 35 heavy (non-hydrogen) atoms. The first kappa shape index (κ1) is 23.9. The first-order chi connectivity index (χ1) is 16.9. The largest absolute Gasteiger partial charge is 0.481 e. The molecule has 2 atom stereocenters. The van der Waals surface area contributed by atoms with Gasteiger partial charge in [0, 0.05) is 18.5 Å². The molecular weight excluding hydrogens is 446 g/mol. The van der Waals surface area contributed by atoms with Crippen LogP contribution in [0.25, 0.3) is 11.1 Å². The number of alkyl carbamates (subject to hydrolysis) is 1. The van der Waals surface area contributed by atoms with Crippen LogP contribution in [-0.4, -0.2) is 40.7 Å². The molecule has 0 bridgehead atoms. The van der Waals surface area contributed by atoms with Gasteiger partial charge < -0.3 is 20.5 Å². The van der Waals surface area contributed by atoms with Crippen molar-refractivity contribution in [3.63, 3.8) is 0 Å². The molecule has 3 aromatic rings. The van der Waals surface area contributed by atoms with Gasteiger partial charge in [0.2, 0.25) is 5.91 Å². The molecule has 1 unspecified atom stereocenters. The Morgan fingerprint density at radius 2 is 1.57 bits per heavy atom. The number of ether oxygens (including phenoxy) is 1. The van der Waals surface area contributed by atoms with Gasteiger partial charge in [-0.1, -0.05) is 54.6 Å². The molecule has 2 aromatic carbocycles. The van der Waals surface area contributed by atoms with Gasteiger partial charge in [0.1, 0.15) is 12.6 Å². The van der Waals surface area contributed by atoms with Crippen molar-refractivity contribution in [2.75, 3.05) is 6.61 Å². The van der Waals surface area contributed by atoms with Crippen LogP contribution in [0.5, 0.6) is 0 Å². The van der Waals surface area contributed by atoms with E-state index in [2.05, 4.69) is 15.6 Å². The van der Waals surface area contributed by atoms with E-state index >= 15 is 0 Å². The van der Waals surface area contributed by atoms with Crippen molar-refractivity contribution in [1.29, 1.82) is 0 Å². The van der Waals surface area contributed by atoms with Crippen LogP contribution in [0.4, 0.5) is 4.79 Å². The molecule has 8 nitrogen and oxygen atoms in total. The molecule has 0 saturated carbocycles. The summed E-state index contributed by atoms with van der Waals surface area (Å²) in [7, 11) is 0. The number of aromatic nitrogens is 1. The number of benzene rings is 2. The molecule has 1 aliphatic rings. The van der Waals surface area contributed by atoms with E-state index in [-0.39, 0.29) is 25.4 Å². The number of nitrogens with zero attached hydrogens (tertiary/aromatic N) is 1. The Morgan fingerprint density at radius 3 is 2.17 bits per heavy atom. The number of carbonyl (C=O) groups is 3. The number of nitrogens with one attached hydrogen (secondary N) is 2. The van der Waals surface area contributed by atoms with E-state index in [1.54, 1.807) is 25.3 Å². The van der Waals surface area contributed by atoms with Gasteiger partial charge in [0.15, 0.2) is 0 Å². The van der Waals surface area contributed by atoms with E-state index in [1.165, 1.54) is 0 Å². The Bertz CT molecular complexity index is 1170. The zero-order valence-electron chi connectivity index (χ0n) is 19.3. The molecule has 0 spiro atoms. The Hall–Kier alpha value is -4.20. The summed E-state index contributed by atoms with van der Waals surface area (Å²) >= 11 is 0. The van der Waals surface area contributed by atoms with Gasteiger partial charge >= 0.3 is 12.1 Å². The Labute approximate surface area is 203 Å². The van der Waals surface area contributed by atoms with Crippen LogP contribution >= 0.6 is 0 Å². The monoisotopic (exact) mass is 473 g/mol. The van der Waals surface area contributed by atoms with Gasteiger partial charge in [-0.3, -0.25) is 14.6 Å². The lowest BCUT2D eigenvalue weighted by molar-refractivity contribution is -0.137. The maximum absolute atomic E-state index is 12.9. The molecule has 0 radical (unpaired) electrons. The second-order valence-corrected chi connectivity index (χ2v) is 8.44. The highest BCUT2D eigenvalue weighted by Crippen LogP contribution is 2.44. The lowest BCUT2D eigenvalue weighted by Gasteiger charge is -2.21. The molecule has 2 amide bonds. The van der Waals surface area contributed by atoms with E-state index in [1.807, 2.05) is 54.6 Å². The van der Waals surface area contributed by atoms with Crippen LogP contribution in [0.3, 0.4) is 0 Å². The minimum Gasteiger partial charge on any atom is -0.481 e. The first-order valence-electron chi connectivity index (χ1n) is 11.5. The van der Waals surface area contributed by atoms with Crippen LogP contribution in [0.15, 0.2) is 72.9 Å². The van der Waals surface area contributed by atoms with Crippen LogP contribution < -0.4 is 10.6 Å². The zero-order chi connectivity index (χ0) is 24.8. The van der Waals surface area contributed by atoms with Crippen molar-refractivity contribution in [1.82, 2.24) is 15.6 Å². The summed E-state index contributed by atoms with van der Waals surface area (Å²) < 4.78 is 5.53. The highest BCUT2D eigenvalue weighted by Gasteiger charge is 2.30. The number of pyridine rings is 1. The maximum atomic E-state index is 12.9. The minimum absolute atomic E-state index is 0.0691. The van der Waals surface area contributed by atoms with Gasteiger partial charge in [-0.25, -0.2) is 4.79 Å². The van der Waals surface area contributed by atoms with Crippen LogP contribution in [0, 0.1) is 0 Å². The van der Waals surface area contributed by atoms with Gasteiger partial charge in [0.05, 0.1) is 11.7 Å². The smallest absolute Gasteiger partial charge is 0.407 e. The number of fused-ring (bicyclic) bond motifs is 3. The number of aliphatic carboxylic acids is 1. The lowest BCUT2D eigenvalue weighted by Crippen LogP contribution is -2.48. The number of amides is 2. The van der Waals surface area contributed by atoms with Gasteiger partial charge in [-0.15, -0.1) is 0 Å². The SMILES string of the molecule is C[C@H](NC(=O)C(CCC(=O)O)NC(=O)OCC1c2ccccc2-c2ccccc21)c1ccccn1. The van der Waals surface area contributed by atoms with E-state index in [4.69, 9.17) is 9.84 Å². The third-order valence-electron chi connectivity index (χ3n) is 6.09. The number of hydrogen-bond acceptors (Lipinski definition) is 5. The topological polar surface area (TPSA) is 118 Å². The number of carboxylic acid groups (broad SMARTS) is 1. The standard InChI is InChI=1S/C27H27N3O5/c1-17(23-12-6-7-15-28-23)29-26(33)24(13-14-25(31)32)30-27(34)35-16-22-20-10-4-2-8-18(20)19-9-3-5-11-21(19)22/h2-12,15,17,22,24H,13-14,16H2,1H3,(H,29,33)(H,30,34)(H,31,32)/t17-,24?/m0/s1. The molecule has 4 rings (SSSR count). The van der Waals surface area contributed by atoms with Crippen molar-refractivity contribution < 1.29 is 24.2 Å². The molecule has 0 saturated heterocycles. The molecule has 3 N–H and O–H groups in total. The van der Waals surface area contributed by atoms with Crippen molar-refractivity contribution in [3.05, 3.63) is 89.7 Å². The number of rotatable bonds is 9. The number of hydrogen-bond donors (Lipinski definition) is 3. The number of carbonyl (C=O) groups excluding carboxylic acids is 2. The Balaban J connectivity index is 1.41. The molecular formula is C27H27N3O5. The third kappa shape index (κ3) is 5.66. The van der Waals surface area contributed by atoms with E-state index in [9.17, 15) is 14.4 Å². The lowest BCUT2D eigenvalue weighted by atomic mass is 9.98. The Kier molecular flexibility index (Phi) is 7.40. The summed E-state index contributed by atoms with van der Waals surface area (Å²) in [5, 5.41) is 14.4. The highest BCUT2D eigenvalue weighted by atomic mass is 16.5. The molecule has 0 fully saturated rings. The van der Waals surface area contributed by atoms with Crippen molar-refractivity contribution in [2.45, 2.75) is 37.8 Å². The fourth-order valence-corrected chi connectivity index (χ4v) is 4.34. The molecule has 8 heteroatoms. The third-order valence-corrected chi connectivity index (χ3v) is 6.09. The van der Waals surface area contributed by atoms with Gasteiger partial charge in [-0.2, -0.15) is 0 Å². The van der Waals surface area contributed by atoms with Crippen LogP contribution in [0.1, 0.15) is 48.5 Å². The predicted molar refractivity (Wildman–Crippen MR) is 130 cm³/mol. The quantitative estimate of drug-likeness (QED) is 0.432. The van der Waals surface area contributed by atoms with E-state index in [0.717, 1.165) is 22.3 Å². The van der Waals surface area contributed by atoms with Gasteiger partial charge in [0.25, 0.3) is 0 Å². The van der Waals surface area contributed by atoms with E-state index in [0.29, 0.717) is 5.69 Å². The molecule has 0 aliphatic heterocycles. The zero-order valence-corrected chi connectivity index (χ0v) is 19.3. The summed E-state index contributed by atoms with van der Waals surface area (Å²) in [6, 6.07) is 19.9. The fraction of sp³-hybridized carbons (Fsp3) is 0.259. The molecule has 1 aliphatic carbocycles. The Morgan fingerprint density at radius 1 is 0.943 bits per heavy atom. The summed E-state index contributed by atoms with van der Waals surface area (Å²) in [6.07, 6.45) is 0.498. The van der Waals surface area contributed by atoms with Gasteiger partial charge in [-0.05, 0) is 47.7 Å². The van der Waals surface area contributed by atoms with Crippen LogP contribution in [-0.2, 0) is 14.3 Å². The normalized spacial score (nSPS) is 13.7. The summed E-state index contributed by atoms with van der Waals surface area (Å²) in [4.78, 5) is 40.8.